The average molecular weight is 434 g/mol. The minimum atomic E-state index is -3.64. The van der Waals surface area contributed by atoms with Crippen LogP contribution in [0.5, 0.6) is 0 Å². The topological polar surface area (TPSA) is 87.5 Å². The fourth-order valence-corrected chi connectivity index (χ4v) is 5.08. The first kappa shape index (κ1) is 20.7. The van der Waals surface area contributed by atoms with Crippen molar-refractivity contribution in [2.45, 2.75) is 38.7 Å². The molecule has 0 unspecified atom stereocenters. The molecular formula is C21H23FN2O5S. The molecule has 2 aliphatic carbocycles. The molecule has 2 aliphatic rings. The quantitative estimate of drug-likeness (QED) is 0.531. The number of nitrogens with zero attached hydrogens (tertiary/aromatic N) is 2. The van der Waals surface area contributed by atoms with Crippen molar-refractivity contribution in [1.29, 1.82) is 0 Å². The van der Waals surface area contributed by atoms with Crippen LogP contribution < -0.4 is 0 Å². The van der Waals surface area contributed by atoms with Crippen molar-refractivity contribution in [2.75, 3.05) is 12.9 Å². The number of carbonyl (C=O) groups excluding carboxylic acids is 1. The molecule has 0 spiro atoms. The highest BCUT2D eigenvalue weighted by atomic mass is 32.2. The van der Waals surface area contributed by atoms with Crippen LogP contribution in [0.3, 0.4) is 0 Å². The number of hydrogen-bond donors (Lipinski definition) is 0. The number of aromatic nitrogens is 2. The van der Waals surface area contributed by atoms with Gasteiger partial charge < -0.3 is 4.74 Å². The van der Waals surface area contributed by atoms with Crippen molar-refractivity contribution in [3.8, 4) is 5.69 Å². The van der Waals surface area contributed by atoms with Crippen molar-refractivity contribution in [2.24, 2.45) is 5.41 Å². The van der Waals surface area contributed by atoms with Crippen LogP contribution in [-0.2, 0) is 30.3 Å². The molecule has 1 aromatic carbocycles. The van der Waals surface area contributed by atoms with E-state index >= 15 is 0 Å². The fourth-order valence-electron chi connectivity index (χ4n) is 4.42. The lowest BCUT2D eigenvalue weighted by Crippen LogP contribution is -2.45. The van der Waals surface area contributed by atoms with Crippen molar-refractivity contribution in [3.05, 3.63) is 53.1 Å². The predicted octanol–water partition coefficient (Wildman–Crippen LogP) is 3.03. The van der Waals surface area contributed by atoms with Gasteiger partial charge in [-0.2, -0.15) is 13.5 Å². The number of rotatable bonds is 5. The molecule has 0 radical (unpaired) electrons. The monoisotopic (exact) mass is 434 g/mol. The minimum Gasteiger partial charge on any atom is -0.465 e. The van der Waals surface area contributed by atoms with E-state index in [4.69, 9.17) is 8.92 Å². The Kier molecular flexibility index (Phi) is 5.27. The first-order valence-corrected chi connectivity index (χ1v) is 11.6. The van der Waals surface area contributed by atoms with Crippen LogP contribution in [0.25, 0.3) is 11.8 Å². The zero-order chi connectivity index (χ0) is 21.5. The van der Waals surface area contributed by atoms with Gasteiger partial charge in [0.15, 0.2) is 0 Å². The van der Waals surface area contributed by atoms with Gasteiger partial charge in [-0.1, -0.05) is 5.57 Å². The van der Waals surface area contributed by atoms with Gasteiger partial charge in [-0.05, 0) is 68.5 Å². The lowest BCUT2D eigenvalue weighted by molar-refractivity contribution is -0.155. The third-order valence-corrected chi connectivity index (χ3v) is 6.29. The number of fused-ring (bicyclic) bond motifs is 2. The molecule has 1 aromatic heterocycles. The summed E-state index contributed by atoms with van der Waals surface area (Å²) >= 11 is 0. The number of hydrogen-bond acceptors (Lipinski definition) is 6. The van der Waals surface area contributed by atoms with Crippen LogP contribution >= 0.6 is 0 Å². The molecule has 0 bridgehead atoms. The Morgan fingerprint density at radius 3 is 2.73 bits per heavy atom. The Hall–Kier alpha value is -2.52. The molecule has 4 rings (SSSR count). The highest BCUT2D eigenvalue weighted by molar-refractivity contribution is 7.86. The summed E-state index contributed by atoms with van der Waals surface area (Å²) in [5, 5.41) is 4.44. The van der Waals surface area contributed by atoms with Gasteiger partial charge in [-0.15, -0.1) is 0 Å². The van der Waals surface area contributed by atoms with Gasteiger partial charge in [-0.3, -0.25) is 8.98 Å². The molecule has 1 fully saturated rings. The molecule has 30 heavy (non-hydrogen) atoms. The number of ether oxygens (including phenoxy) is 1. The summed E-state index contributed by atoms with van der Waals surface area (Å²) in [5.74, 6) is -0.707. The molecular weight excluding hydrogens is 411 g/mol. The maximum Gasteiger partial charge on any atom is 0.316 e. The van der Waals surface area contributed by atoms with Gasteiger partial charge in [0.2, 0.25) is 0 Å². The molecule has 2 atom stereocenters. The van der Waals surface area contributed by atoms with Crippen molar-refractivity contribution in [1.82, 2.24) is 9.78 Å². The Labute approximate surface area is 174 Å². The van der Waals surface area contributed by atoms with E-state index in [-0.39, 0.29) is 24.8 Å². The van der Waals surface area contributed by atoms with Gasteiger partial charge in [0, 0.05) is 0 Å². The number of carbonyl (C=O) groups is 1. The second-order valence-electron chi connectivity index (χ2n) is 7.76. The smallest absolute Gasteiger partial charge is 0.316 e. The van der Waals surface area contributed by atoms with Crippen LogP contribution in [0.15, 0.2) is 36.0 Å². The van der Waals surface area contributed by atoms with Crippen LogP contribution in [-0.4, -0.2) is 43.1 Å². The summed E-state index contributed by atoms with van der Waals surface area (Å²) in [4.78, 5) is 13.1. The van der Waals surface area contributed by atoms with E-state index < -0.39 is 21.6 Å². The number of halogens is 1. The van der Waals surface area contributed by atoms with Gasteiger partial charge in [0.25, 0.3) is 10.1 Å². The fraction of sp³-hybridized carbons (Fsp3) is 0.429. The van der Waals surface area contributed by atoms with Gasteiger partial charge in [0.1, 0.15) is 5.82 Å². The Bertz CT molecular complexity index is 1110. The minimum absolute atomic E-state index is 0.228. The molecule has 1 saturated carbocycles. The molecule has 0 N–H and O–H groups in total. The second-order valence-corrected chi connectivity index (χ2v) is 9.36. The Morgan fingerprint density at radius 2 is 2.07 bits per heavy atom. The first-order chi connectivity index (χ1) is 14.2. The predicted molar refractivity (Wildman–Crippen MR) is 108 cm³/mol. The van der Waals surface area contributed by atoms with Crippen LogP contribution in [0.1, 0.15) is 37.4 Å². The number of benzene rings is 1. The summed E-state index contributed by atoms with van der Waals surface area (Å²) in [6, 6.07) is 6.03. The zero-order valence-electron chi connectivity index (χ0n) is 16.8. The van der Waals surface area contributed by atoms with E-state index in [0.29, 0.717) is 24.9 Å². The standard InChI is InChI=1S/C21H23FN2O5S/c1-3-28-20(25)21-11-14-13-23-24(17-7-5-16(22)6-8-17)19(14)10-15(21)4-9-18(12-21)29-30(2,26)27/h5-8,10,13,18H,3-4,9,11-12H2,1-2H3/t18-,21+/m1/s1. The third kappa shape index (κ3) is 3.79. The largest absolute Gasteiger partial charge is 0.465 e. The third-order valence-electron chi connectivity index (χ3n) is 5.66. The van der Waals surface area contributed by atoms with Crippen LogP contribution in [0.2, 0.25) is 0 Å². The van der Waals surface area contributed by atoms with E-state index in [2.05, 4.69) is 5.10 Å². The summed E-state index contributed by atoms with van der Waals surface area (Å²) < 4.78 is 48.9. The molecule has 9 heteroatoms. The van der Waals surface area contributed by atoms with Crippen molar-refractivity contribution >= 4 is 22.2 Å². The van der Waals surface area contributed by atoms with E-state index in [0.717, 1.165) is 23.1 Å². The Morgan fingerprint density at radius 1 is 1.33 bits per heavy atom. The molecule has 0 aliphatic heterocycles. The molecule has 0 amide bonds. The summed E-state index contributed by atoms with van der Waals surface area (Å²) in [7, 11) is -3.64. The lowest BCUT2D eigenvalue weighted by Gasteiger charge is -2.42. The van der Waals surface area contributed by atoms with Crippen molar-refractivity contribution in [3.63, 3.8) is 0 Å². The molecule has 160 valence electrons. The average Bonchev–Trinajstić information content (AvgIpc) is 3.08. The first-order valence-electron chi connectivity index (χ1n) is 9.81. The lowest BCUT2D eigenvalue weighted by atomic mass is 9.63. The second kappa shape index (κ2) is 7.63. The van der Waals surface area contributed by atoms with E-state index in [1.807, 2.05) is 6.08 Å². The van der Waals surface area contributed by atoms with Gasteiger partial charge >= 0.3 is 5.97 Å². The molecule has 2 aromatic rings. The molecule has 0 saturated heterocycles. The zero-order valence-corrected chi connectivity index (χ0v) is 17.6. The van der Waals surface area contributed by atoms with Crippen LogP contribution in [0.4, 0.5) is 4.39 Å². The summed E-state index contributed by atoms with van der Waals surface area (Å²) in [6.07, 6.45) is 5.62. The summed E-state index contributed by atoms with van der Waals surface area (Å²) in [6.45, 7) is 1.97. The summed E-state index contributed by atoms with van der Waals surface area (Å²) in [5.41, 5.74) is 2.29. The normalized spacial score (nSPS) is 23.3. The molecule has 7 nitrogen and oxygen atoms in total. The van der Waals surface area contributed by atoms with E-state index in [1.54, 1.807) is 29.9 Å². The highest BCUT2D eigenvalue weighted by Gasteiger charge is 2.51. The Balaban J connectivity index is 1.74. The van der Waals surface area contributed by atoms with E-state index in [1.165, 1.54) is 12.1 Å². The van der Waals surface area contributed by atoms with Crippen LogP contribution in [0, 0.1) is 11.2 Å². The maximum atomic E-state index is 13.3. The maximum absolute atomic E-state index is 13.3. The van der Waals surface area contributed by atoms with Gasteiger partial charge in [0.05, 0.1) is 42.0 Å². The van der Waals surface area contributed by atoms with Crippen molar-refractivity contribution < 1.29 is 26.5 Å². The van der Waals surface area contributed by atoms with Gasteiger partial charge in [-0.25, -0.2) is 9.07 Å². The van der Waals surface area contributed by atoms with E-state index in [9.17, 15) is 17.6 Å². The molecule has 1 heterocycles. The number of esters is 1. The SMILES string of the molecule is CCOC(=O)[C@]12Cc3cnn(-c4ccc(F)cc4)c3C=C1CC[C@@H](OS(C)(=O)=O)C2. The highest BCUT2D eigenvalue weighted by Crippen LogP contribution is 2.49.